The Bertz CT molecular complexity index is 1330. The van der Waals surface area contributed by atoms with Crippen molar-refractivity contribution in [3.8, 4) is 22.8 Å². The van der Waals surface area contributed by atoms with Gasteiger partial charge in [-0.2, -0.15) is 13.2 Å². The van der Waals surface area contributed by atoms with Gasteiger partial charge in [0.25, 0.3) is 0 Å². The molecular formula is C22H17ClF3NO5. The Morgan fingerprint density at radius 2 is 1.88 bits per heavy atom. The normalized spacial score (nSPS) is 14.6. The lowest BCUT2D eigenvalue weighted by atomic mass is 9.98. The Kier molecular flexibility index (Phi) is 5.34. The van der Waals surface area contributed by atoms with Crippen LogP contribution in [0.1, 0.15) is 17.5 Å². The molecule has 10 heteroatoms. The van der Waals surface area contributed by atoms with Gasteiger partial charge in [-0.15, -0.1) is 0 Å². The van der Waals surface area contributed by atoms with Crippen molar-refractivity contribution in [3.63, 3.8) is 0 Å². The third kappa shape index (κ3) is 3.57. The number of likely N-dealkylation sites (N-methyl/N-ethyl adjacent to an activating group) is 1. The molecule has 1 aliphatic heterocycles. The van der Waals surface area contributed by atoms with Crippen LogP contribution >= 0.6 is 11.6 Å². The number of nitrogens with zero attached hydrogens (tertiary/aromatic N) is 1. The number of halogens is 4. The van der Waals surface area contributed by atoms with Gasteiger partial charge in [0.15, 0.2) is 11.0 Å². The molecule has 0 aliphatic carbocycles. The summed E-state index contributed by atoms with van der Waals surface area (Å²) in [7, 11) is 1.75. The van der Waals surface area contributed by atoms with Crippen LogP contribution < -0.4 is 5.43 Å². The van der Waals surface area contributed by atoms with Crippen LogP contribution in [0.5, 0.6) is 11.5 Å². The Balaban J connectivity index is 2.02. The number of benzene rings is 2. The van der Waals surface area contributed by atoms with Gasteiger partial charge in [0, 0.05) is 37.0 Å². The molecule has 32 heavy (non-hydrogen) atoms. The van der Waals surface area contributed by atoms with E-state index in [1.807, 2.05) is 0 Å². The molecule has 0 saturated heterocycles. The van der Waals surface area contributed by atoms with Gasteiger partial charge in [-0.25, -0.2) is 0 Å². The molecule has 168 valence electrons. The van der Waals surface area contributed by atoms with Gasteiger partial charge in [0.2, 0.25) is 0 Å². The molecule has 0 spiro atoms. The van der Waals surface area contributed by atoms with E-state index in [4.69, 9.17) is 16.0 Å². The first-order chi connectivity index (χ1) is 15.0. The van der Waals surface area contributed by atoms with Gasteiger partial charge in [0.05, 0.1) is 22.8 Å². The predicted molar refractivity (Wildman–Crippen MR) is 113 cm³/mol. The minimum Gasteiger partial charge on any atom is -0.507 e. The number of aromatic hydroxyl groups is 2. The van der Waals surface area contributed by atoms with Crippen LogP contribution in [0, 0.1) is 0 Å². The zero-order valence-corrected chi connectivity index (χ0v) is 17.4. The third-order valence-electron chi connectivity index (χ3n) is 5.48. The first-order valence-electron chi connectivity index (χ1n) is 9.47. The van der Waals surface area contributed by atoms with Crippen molar-refractivity contribution in [2.24, 2.45) is 0 Å². The quantitative estimate of drug-likeness (QED) is 0.522. The highest BCUT2D eigenvalue weighted by atomic mass is 35.5. The van der Waals surface area contributed by atoms with Gasteiger partial charge >= 0.3 is 6.18 Å². The van der Waals surface area contributed by atoms with E-state index in [0.29, 0.717) is 24.2 Å². The van der Waals surface area contributed by atoms with Crippen LogP contribution in [0.3, 0.4) is 0 Å². The summed E-state index contributed by atoms with van der Waals surface area (Å²) in [6.07, 6.45) is -4.17. The number of hydrogen-bond acceptors (Lipinski definition) is 6. The molecule has 4 rings (SSSR count). The molecule has 0 radical (unpaired) electrons. The van der Waals surface area contributed by atoms with Crippen molar-refractivity contribution in [1.29, 1.82) is 0 Å². The van der Waals surface area contributed by atoms with E-state index in [1.165, 1.54) is 0 Å². The molecule has 0 atom stereocenters. The minimum absolute atomic E-state index is 0.0346. The van der Waals surface area contributed by atoms with Crippen LogP contribution in [0.2, 0.25) is 5.02 Å². The summed E-state index contributed by atoms with van der Waals surface area (Å²) in [5.41, 5.74) is -0.604. The Labute approximate surface area is 184 Å². The molecule has 3 N–H and O–H groups in total. The van der Waals surface area contributed by atoms with Gasteiger partial charge in [-0.3, -0.25) is 4.79 Å². The van der Waals surface area contributed by atoms with E-state index in [0.717, 1.165) is 30.3 Å². The number of alkyl halides is 3. The zero-order chi connectivity index (χ0) is 23.4. The number of hydrogen-bond donors (Lipinski definition) is 3. The highest BCUT2D eigenvalue weighted by molar-refractivity contribution is 6.33. The van der Waals surface area contributed by atoms with E-state index in [9.17, 15) is 33.3 Å². The zero-order valence-electron chi connectivity index (χ0n) is 16.6. The van der Waals surface area contributed by atoms with E-state index in [2.05, 4.69) is 0 Å². The maximum absolute atomic E-state index is 13.0. The van der Waals surface area contributed by atoms with E-state index < -0.39 is 22.9 Å². The first kappa shape index (κ1) is 22.0. The molecule has 1 aromatic heterocycles. The molecule has 3 aromatic rings. The summed E-state index contributed by atoms with van der Waals surface area (Å²) >= 11 is 6.06. The Hall–Kier alpha value is -3.17. The van der Waals surface area contributed by atoms with Crippen molar-refractivity contribution >= 4 is 28.1 Å². The lowest BCUT2D eigenvalue weighted by molar-refractivity contribution is -0.137. The average molecular weight is 468 g/mol. The van der Waals surface area contributed by atoms with Crippen LogP contribution in [0.4, 0.5) is 13.2 Å². The van der Waals surface area contributed by atoms with Gasteiger partial charge in [-0.1, -0.05) is 11.6 Å². The van der Waals surface area contributed by atoms with Crippen molar-refractivity contribution in [3.05, 3.63) is 62.4 Å². The van der Waals surface area contributed by atoms with Gasteiger partial charge in [0.1, 0.15) is 22.6 Å². The average Bonchev–Trinajstić information content (AvgIpc) is 3.06. The predicted octanol–water partition coefficient (Wildman–Crippen LogP) is 4.58. The topological polar surface area (TPSA) is 94.1 Å². The molecular weight excluding hydrogens is 451 g/mol. The molecule has 0 amide bonds. The van der Waals surface area contributed by atoms with Crippen molar-refractivity contribution < 1.29 is 32.9 Å². The number of phenols is 2. The van der Waals surface area contributed by atoms with Gasteiger partial charge in [-0.05, 0) is 30.2 Å². The van der Waals surface area contributed by atoms with Crippen LogP contribution in [0.25, 0.3) is 27.9 Å². The SMILES string of the molecule is CN1CCC(c2c(O)cc(O)c3c(=O)cc(-c4ccc(C(F)(F)F)cc4Cl)oc23)=C1CO. The lowest BCUT2D eigenvalue weighted by Gasteiger charge is -2.16. The smallest absolute Gasteiger partial charge is 0.416 e. The molecule has 2 aromatic carbocycles. The Morgan fingerprint density at radius 3 is 2.50 bits per heavy atom. The summed E-state index contributed by atoms with van der Waals surface area (Å²) in [6.45, 7) is 0.212. The minimum atomic E-state index is -4.60. The van der Waals surface area contributed by atoms with E-state index in [-0.39, 0.29) is 45.2 Å². The molecule has 2 heterocycles. The first-order valence-corrected chi connectivity index (χ1v) is 9.85. The highest BCUT2D eigenvalue weighted by Crippen LogP contribution is 2.43. The maximum atomic E-state index is 13.0. The monoisotopic (exact) mass is 467 g/mol. The van der Waals surface area contributed by atoms with Crippen molar-refractivity contribution in [2.75, 3.05) is 20.2 Å². The standard InChI is InChI=1S/C22H17ClF3NO5/c1-27-5-4-12(14(27)9-28)19-15(29)7-16(30)20-17(31)8-18(32-21(19)20)11-3-2-10(6-13(11)23)22(24,25)26/h2-3,6-8,28-30H,4-5,9H2,1H3. The molecule has 0 saturated carbocycles. The molecule has 6 nitrogen and oxygen atoms in total. The summed E-state index contributed by atoms with van der Waals surface area (Å²) in [5.74, 6) is -1.02. The number of aliphatic hydroxyl groups excluding tert-OH is 1. The fourth-order valence-corrected chi connectivity index (χ4v) is 4.17. The second-order valence-electron chi connectivity index (χ2n) is 7.42. The molecule has 0 fully saturated rings. The van der Waals surface area contributed by atoms with Crippen molar-refractivity contribution in [1.82, 2.24) is 4.90 Å². The number of rotatable bonds is 3. The van der Waals surface area contributed by atoms with E-state index >= 15 is 0 Å². The van der Waals surface area contributed by atoms with Crippen molar-refractivity contribution in [2.45, 2.75) is 12.6 Å². The molecule has 1 aliphatic rings. The summed E-state index contributed by atoms with van der Waals surface area (Å²) in [4.78, 5) is 14.6. The van der Waals surface area contributed by atoms with Gasteiger partial charge < -0.3 is 24.6 Å². The number of phenolic OH excluding ortho intramolecular Hbond substituents is 2. The largest absolute Gasteiger partial charge is 0.507 e. The summed E-state index contributed by atoms with van der Waals surface area (Å²) in [6, 6.07) is 4.64. The fraction of sp³-hybridized carbons (Fsp3) is 0.227. The van der Waals surface area contributed by atoms with Crippen LogP contribution in [-0.4, -0.2) is 40.4 Å². The van der Waals surface area contributed by atoms with Crippen LogP contribution in [0.15, 0.2) is 45.2 Å². The summed E-state index contributed by atoms with van der Waals surface area (Å²) < 4.78 is 44.8. The van der Waals surface area contributed by atoms with Crippen LogP contribution in [-0.2, 0) is 6.18 Å². The number of aliphatic hydroxyl groups is 1. The second-order valence-corrected chi connectivity index (χ2v) is 7.82. The summed E-state index contributed by atoms with van der Waals surface area (Å²) in [5, 5.41) is 30.1. The van der Waals surface area contributed by atoms with E-state index in [1.54, 1.807) is 11.9 Å². The second kappa shape index (κ2) is 7.75. The maximum Gasteiger partial charge on any atom is 0.416 e. The molecule has 0 unspecified atom stereocenters. The fourth-order valence-electron chi connectivity index (χ4n) is 3.89. The molecule has 0 bridgehead atoms. The Morgan fingerprint density at radius 1 is 1.16 bits per heavy atom. The lowest BCUT2D eigenvalue weighted by Crippen LogP contribution is -2.15. The third-order valence-corrected chi connectivity index (χ3v) is 5.79. The number of fused-ring (bicyclic) bond motifs is 1. The highest BCUT2D eigenvalue weighted by Gasteiger charge is 2.31.